The van der Waals surface area contributed by atoms with Crippen molar-refractivity contribution < 1.29 is 9.47 Å². The van der Waals surface area contributed by atoms with E-state index >= 15 is 0 Å². The molecule has 2 nitrogen and oxygen atoms in total. The third kappa shape index (κ3) is 4.83. The minimum absolute atomic E-state index is 0.329. The van der Waals surface area contributed by atoms with E-state index in [0.717, 1.165) is 38.2 Å². The van der Waals surface area contributed by atoms with Crippen molar-refractivity contribution in [2.45, 2.75) is 33.1 Å². The van der Waals surface area contributed by atoms with Crippen molar-refractivity contribution in [1.82, 2.24) is 0 Å². The Morgan fingerprint density at radius 2 is 2.27 bits per heavy atom. The molecule has 1 heterocycles. The summed E-state index contributed by atoms with van der Waals surface area (Å²) < 4.78 is 11.2. The topological polar surface area (TPSA) is 18.5 Å². The van der Waals surface area contributed by atoms with E-state index in [1.807, 2.05) is 0 Å². The summed E-state index contributed by atoms with van der Waals surface area (Å²) in [6.07, 6.45) is 3.57. The van der Waals surface area contributed by atoms with Gasteiger partial charge in [0.15, 0.2) is 0 Å². The maximum Gasteiger partial charge on any atom is 0.0531 e. The van der Waals surface area contributed by atoms with Gasteiger partial charge in [-0.1, -0.05) is 29.8 Å². The van der Waals surface area contributed by atoms with Crippen LogP contribution in [-0.2, 0) is 9.47 Å². The van der Waals surface area contributed by atoms with Crippen LogP contribution in [0.25, 0.3) is 0 Å². The number of ether oxygens (including phenoxy) is 2. The Kier molecular flexibility index (Phi) is 6.17. The van der Waals surface area contributed by atoms with Gasteiger partial charge in [-0.25, -0.2) is 0 Å². The summed E-state index contributed by atoms with van der Waals surface area (Å²) in [6, 6.07) is 0. The molecule has 3 heteroatoms. The molecular weight excluding hydrogens is 256 g/mol. The quantitative estimate of drug-likeness (QED) is 0.549. The van der Waals surface area contributed by atoms with Gasteiger partial charge in [0.25, 0.3) is 0 Å². The molecule has 1 aliphatic heterocycles. The van der Waals surface area contributed by atoms with E-state index in [2.05, 4.69) is 29.8 Å². The lowest BCUT2D eigenvalue weighted by Crippen LogP contribution is -2.34. The molecule has 0 N–H and O–H groups in total. The second-order valence-corrected chi connectivity index (χ2v) is 5.57. The molecular formula is C12H23BrO2. The van der Waals surface area contributed by atoms with Crippen molar-refractivity contribution in [3.05, 3.63) is 0 Å². The second kappa shape index (κ2) is 6.87. The summed E-state index contributed by atoms with van der Waals surface area (Å²) in [5.41, 5.74) is 0.329. The van der Waals surface area contributed by atoms with E-state index in [0.29, 0.717) is 11.3 Å². The lowest BCUT2D eigenvalue weighted by atomic mass is 9.82. The number of hydrogen-bond donors (Lipinski definition) is 0. The molecule has 0 aromatic carbocycles. The first-order chi connectivity index (χ1) is 7.18. The van der Waals surface area contributed by atoms with Crippen LogP contribution in [0.1, 0.15) is 33.1 Å². The van der Waals surface area contributed by atoms with Crippen LogP contribution in [0.2, 0.25) is 0 Å². The first-order valence-corrected chi connectivity index (χ1v) is 7.02. The van der Waals surface area contributed by atoms with Crippen molar-refractivity contribution in [2.24, 2.45) is 11.3 Å². The molecule has 1 rings (SSSR count). The summed E-state index contributed by atoms with van der Waals surface area (Å²) in [5, 5.41) is 1.03. The van der Waals surface area contributed by atoms with E-state index in [-0.39, 0.29) is 0 Å². The zero-order chi connectivity index (χ0) is 11.1. The highest BCUT2D eigenvalue weighted by atomic mass is 79.9. The van der Waals surface area contributed by atoms with Gasteiger partial charge in [0.05, 0.1) is 6.61 Å². The fourth-order valence-electron chi connectivity index (χ4n) is 1.89. The van der Waals surface area contributed by atoms with Crippen LogP contribution in [0.4, 0.5) is 0 Å². The van der Waals surface area contributed by atoms with Crippen LogP contribution in [0, 0.1) is 11.3 Å². The van der Waals surface area contributed by atoms with E-state index < -0.39 is 0 Å². The van der Waals surface area contributed by atoms with Crippen molar-refractivity contribution in [3.63, 3.8) is 0 Å². The minimum atomic E-state index is 0.329. The number of hydrogen-bond acceptors (Lipinski definition) is 2. The highest BCUT2D eigenvalue weighted by Crippen LogP contribution is 2.34. The predicted octanol–water partition coefficient (Wildman–Crippen LogP) is 3.24. The number of halogens is 1. The third-order valence-corrected chi connectivity index (χ3v) is 4.10. The molecule has 1 fully saturated rings. The Balaban J connectivity index is 2.20. The second-order valence-electron chi connectivity index (χ2n) is 5.01. The van der Waals surface area contributed by atoms with Crippen LogP contribution in [0.3, 0.4) is 0 Å². The summed E-state index contributed by atoms with van der Waals surface area (Å²) in [5.74, 6) is 0.632. The van der Waals surface area contributed by atoms with Crippen molar-refractivity contribution in [1.29, 1.82) is 0 Å². The molecule has 15 heavy (non-hydrogen) atoms. The van der Waals surface area contributed by atoms with E-state index in [1.165, 1.54) is 12.8 Å². The normalized spacial score (nSPS) is 27.2. The number of alkyl halides is 1. The third-order valence-electron chi connectivity index (χ3n) is 2.92. The first kappa shape index (κ1) is 13.5. The van der Waals surface area contributed by atoms with Crippen LogP contribution in [0.5, 0.6) is 0 Å². The fraction of sp³-hybridized carbons (Fsp3) is 1.00. The lowest BCUT2D eigenvalue weighted by molar-refractivity contribution is -0.0165. The summed E-state index contributed by atoms with van der Waals surface area (Å²) in [7, 11) is 0. The average molecular weight is 279 g/mol. The smallest absolute Gasteiger partial charge is 0.0531 e. The van der Waals surface area contributed by atoms with Gasteiger partial charge in [-0.15, -0.1) is 0 Å². The van der Waals surface area contributed by atoms with Gasteiger partial charge in [-0.3, -0.25) is 0 Å². The molecule has 1 saturated heterocycles. The molecule has 90 valence electrons. The Labute approximate surface area is 102 Å². The molecule has 1 unspecified atom stereocenters. The van der Waals surface area contributed by atoms with E-state index in [4.69, 9.17) is 9.47 Å². The first-order valence-electron chi connectivity index (χ1n) is 5.90. The number of rotatable bonds is 6. The Morgan fingerprint density at radius 1 is 1.47 bits per heavy atom. The SMILES string of the molecule is CC(C)COCCC1(CBr)CCCOC1. The van der Waals surface area contributed by atoms with Crippen LogP contribution >= 0.6 is 15.9 Å². The van der Waals surface area contributed by atoms with E-state index in [1.54, 1.807) is 0 Å². The van der Waals surface area contributed by atoms with Gasteiger partial charge in [-0.05, 0) is 25.2 Å². The lowest BCUT2D eigenvalue weighted by Gasteiger charge is -2.35. The highest BCUT2D eigenvalue weighted by Gasteiger charge is 2.31. The Bertz CT molecular complexity index is 165. The van der Waals surface area contributed by atoms with Crippen molar-refractivity contribution >= 4 is 15.9 Å². The van der Waals surface area contributed by atoms with Gasteiger partial charge >= 0.3 is 0 Å². The van der Waals surface area contributed by atoms with Crippen LogP contribution < -0.4 is 0 Å². The molecule has 0 aromatic heterocycles. The van der Waals surface area contributed by atoms with Gasteiger partial charge in [0.2, 0.25) is 0 Å². The Morgan fingerprint density at radius 3 is 2.80 bits per heavy atom. The standard InChI is InChI=1S/C12H23BrO2/c1-11(2)8-14-7-5-12(9-13)4-3-6-15-10-12/h11H,3-10H2,1-2H3. The zero-order valence-corrected chi connectivity index (χ0v) is 11.5. The highest BCUT2D eigenvalue weighted by molar-refractivity contribution is 9.09. The molecule has 0 aliphatic carbocycles. The van der Waals surface area contributed by atoms with Gasteiger partial charge in [-0.2, -0.15) is 0 Å². The molecule has 0 saturated carbocycles. The summed E-state index contributed by atoms with van der Waals surface area (Å²) in [4.78, 5) is 0. The van der Waals surface area contributed by atoms with Crippen molar-refractivity contribution in [2.75, 3.05) is 31.8 Å². The molecule has 0 aromatic rings. The predicted molar refractivity (Wildman–Crippen MR) is 66.6 cm³/mol. The van der Waals surface area contributed by atoms with Crippen LogP contribution in [0.15, 0.2) is 0 Å². The fourth-order valence-corrected chi connectivity index (χ4v) is 2.61. The maximum absolute atomic E-state index is 5.65. The van der Waals surface area contributed by atoms with Gasteiger partial charge in [0, 0.05) is 30.6 Å². The molecule has 0 radical (unpaired) electrons. The largest absolute Gasteiger partial charge is 0.381 e. The molecule has 1 atom stereocenters. The maximum atomic E-state index is 5.65. The average Bonchev–Trinajstić information content (AvgIpc) is 2.26. The monoisotopic (exact) mass is 278 g/mol. The van der Waals surface area contributed by atoms with Gasteiger partial charge in [0.1, 0.15) is 0 Å². The van der Waals surface area contributed by atoms with Crippen LogP contribution in [-0.4, -0.2) is 31.8 Å². The molecule has 1 aliphatic rings. The molecule has 0 bridgehead atoms. The van der Waals surface area contributed by atoms with E-state index in [9.17, 15) is 0 Å². The summed E-state index contributed by atoms with van der Waals surface area (Å²) >= 11 is 3.61. The summed E-state index contributed by atoms with van der Waals surface area (Å²) in [6.45, 7) is 7.94. The molecule has 0 spiro atoms. The van der Waals surface area contributed by atoms with Crippen molar-refractivity contribution in [3.8, 4) is 0 Å². The molecule has 0 amide bonds. The minimum Gasteiger partial charge on any atom is -0.381 e. The zero-order valence-electron chi connectivity index (χ0n) is 9.93. The van der Waals surface area contributed by atoms with Gasteiger partial charge < -0.3 is 9.47 Å². The Hall–Kier alpha value is 0.400.